The number of thioether (sulfide) groups is 1. The molecule has 1 heterocycles. The van der Waals surface area contributed by atoms with Crippen LogP contribution < -0.4 is 10.6 Å². The van der Waals surface area contributed by atoms with Gasteiger partial charge in [0.1, 0.15) is 11.9 Å². The van der Waals surface area contributed by atoms with Crippen molar-refractivity contribution in [3.8, 4) is 0 Å². The van der Waals surface area contributed by atoms with E-state index in [2.05, 4.69) is 10.6 Å². The molecular formula is C16H18N2O4S. The third-order valence-electron chi connectivity index (χ3n) is 3.14. The molecule has 1 atom stereocenters. The van der Waals surface area contributed by atoms with E-state index in [0.29, 0.717) is 11.4 Å². The van der Waals surface area contributed by atoms with Crippen molar-refractivity contribution in [3.63, 3.8) is 0 Å². The lowest BCUT2D eigenvalue weighted by molar-refractivity contribution is -0.136. The molecule has 0 radical (unpaired) electrons. The van der Waals surface area contributed by atoms with E-state index in [1.165, 1.54) is 18.0 Å². The number of amides is 2. The van der Waals surface area contributed by atoms with Gasteiger partial charge in [-0.05, 0) is 36.9 Å². The first-order chi connectivity index (χ1) is 11.1. The highest BCUT2D eigenvalue weighted by atomic mass is 32.2. The summed E-state index contributed by atoms with van der Waals surface area (Å²) in [4.78, 5) is 24.5. The highest BCUT2D eigenvalue weighted by Crippen LogP contribution is 2.24. The van der Waals surface area contributed by atoms with E-state index in [0.717, 1.165) is 4.90 Å². The van der Waals surface area contributed by atoms with Crippen molar-refractivity contribution >= 4 is 29.3 Å². The van der Waals surface area contributed by atoms with E-state index >= 15 is 0 Å². The van der Waals surface area contributed by atoms with Crippen LogP contribution in [0.3, 0.4) is 0 Å². The number of carbonyl (C=O) groups excluding carboxylic acids is 2. The fraction of sp³-hybridized carbons (Fsp3) is 0.250. The molecule has 1 aromatic heterocycles. The van der Waals surface area contributed by atoms with Crippen molar-refractivity contribution < 1.29 is 19.1 Å². The van der Waals surface area contributed by atoms with E-state index in [-0.39, 0.29) is 13.0 Å². The molecule has 3 N–H and O–H groups in total. The van der Waals surface area contributed by atoms with Crippen LogP contribution in [-0.2, 0) is 9.59 Å². The van der Waals surface area contributed by atoms with Gasteiger partial charge in [0.2, 0.25) is 0 Å². The highest BCUT2D eigenvalue weighted by Gasteiger charge is 2.16. The number of hydrogen-bond acceptors (Lipinski definition) is 5. The number of rotatable bonds is 6. The Morgan fingerprint density at radius 1 is 1.22 bits per heavy atom. The number of hydrogen-bond donors (Lipinski definition) is 3. The summed E-state index contributed by atoms with van der Waals surface area (Å²) in [5.74, 6) is -1.05. The molecule has 2 rings (SSSR count). The molecule has 1 aromatic carbocycles. The Morgan fingerprint density at radius 3 is 2.70 bits per heavy atom. The molecule has 0 aliphatic carbocycles. The minimum Gasteiger partial charge on any atom is -0.467 e. The Morgan fingerprint density at radius 2 is 2.00 bits per heavy atom. The standard InChI is InChI=1S/C16H18N2O4S/c1-23-14-7-3-2-5-11(14)18-16(21)15(20)17-9-8-12(19)13-6-4-10-22-13/h2-7,10,12,19H,8-9H2,1H3,(H,17,20)(H,18,21)/t12-/m1/s1. The first-order valence-corrected chi connectivity index (χ1v) is 8.28. The summed E-state index contributed by atoms with van der Waals surface area (Å²) in [6.45, 7) is 0.165. The van der Waals surface area contributed by atoms with Gasteiger partial charge in [-0.1, -0.05) is 12.1 Å². The maximum Gasteiger partial charge on any atom is 0.313 e. The summed E-state index contributed by atoms with van der Waals surface area (Å²) in [6.07, 6.45) is 2.80. The van der Waals surface area contributed by atoms with Gasteiger partial charge in [-0.25, -0.2) is 0 Å². The van der Waals surface area contributed by atoms with Crippen LogP contribution in [0.5, 0.6) is 0 Å². The maximum atomic E-state index is 11.9. The molecule has 0 saturated carbocycles. The Labute approximate surface area is 138 Å². The number of aliphatic hydroxyl groups excluding tert-OH is 1. The second kappa shape index (κ2) is 8.40. The van der Waals surface area contributed by atoms with Crippen LogP contribution >= 0.6 is 11.8 Å². The zero-order valence-corrected chi connectivity index (χ0v) is 13.4. The van der Waals surface area contributed by atoms with Crippen molar-refractivity contribution in [2.24, 2.45) is 0 Å². The fourth-order valence-corrected chi connectivity index (χ4v) is 2.51. The fourth-order valence-electron chi connectivity index (χ4n) is 1.95. The number of nitrogens with one attached hydrogen (secondary N) is 2. The first-order valence-electron chi connectivity index (χ1n) is 7.05. The molecule has 122 valence electrons. The number of furan rings is 1. The maximum absolute atomic E-state index is 11.9. The SMILES string of the molecule is CSc1ccccc1NC(=O)C(=O)NCC[C@@H](O)c1ccco1. The Balaban J connectivity index is 1.80. The Bertz CT molecular complexity index is 658. The molecule has 2 aromatic rings. The largest absolute Gasteiger partial charge is 0.467 e. The van der Waals surface area contributed by atoms with Crippen LogP contribution in [0.2, 0.25) is 0 Å². The number of anilines is 1. The van der Waals surface area contributed by atoms with Crippen molar-refractivity contribution in [1.82, 2.24) is 5.32 Å². The van der Waals surface area contributed by atoms with E-state index in [9.17, 15) is 14.7 Å². The van der Waals surface area contributed by atoms with E-state index in [1.807, 2.05) is 18.4 Å². The second-order valence-electron chi connectivity index (χ2n) is 4.73. The number of aliphatic hydroxyl groups is 1. The monoisotopic (exact) mass is 334 g/mol. The minimum atomic E-state index is -0.814. The Kier molecular flexibility index (Phi) is 6.25. The van der Waals surface area contributed by atoms with Gasteiger partial charge < -0.3 is 20.2 Å². The van der Waals surface area contributed by atoms with Crippen LogP contribution in [0.4, 0.5) is 5.69 Å². The molecule has 6 nitrogen and oxygen atoms in total. The van der Waals surface area contributed by atoms with Gasteiger partial charge in [0, 0.05) is 11.4 Å². The van der Waals surface area contributed by atoms with Crippen LogP contribution in [-0.4, -0.2) is 29.7 Å². The Hall–Kier alpha value is -2.25. The summed E-state index contributed by atoms with van der Waals surface area (Å²) in [6, 6.07) is 10.6. The zero-order chi connectivity index (χ0) is 16.7. The van der Waals surface area contributed by atoms with E-state index in [1.54, 1.807) is 24.3 Å². The molecule has 0 saturated heterocycles. The summed E-state index contributed by atoms with van der Waals surface area (Å²) in [7, 11) is 0. The van der Waals surface area contributed by atoms with Gasteiger partial charge in [0.05, 0.1) is 12.0 Å². The first kappa shape index (κ1) is 17.1. The molecule has 0 aliphatic heterocycles. The molecular weight excluding hydrogens is 316 g/mol. The van der Waals surface area contributed by atoms with E-state index < -0.39 is 17.9 Å². The number of carbonyl (C=O) groups is 2. The molecule has 0 aliphatic rings. The van der Waals surface area contributed by atoms with Gasteiger partial charge in [-0.2, -0.15) is 0 Å². The third-order valence-corrected chi connectivity index (χ3v) is 3.93. The minimum absolute atomic E-state index is 0.165. The summed E-state index contributed by atoms with van der Waals surface area (Å²) in [5.41, 5.74) is 0.593. The molecule has 2 amide bonds. The molecule has 0 bridgehead atoms. The van der Waals surface area contributed by atoms with Gasteiger partial charge in [-0.3, -0.25) is 9.59 Å². The molecule has 23 heavy (non-hydrogen) atoms. The van der Waals surface area contributed by atoms with Crippen molar-refractivity contribution in [1.29, 1.82) is 0 Å². The van der Waals surface area contributed by atoms with Gasteiger partial charge in [-0.15, -0.1) is 11.8 Å². The average Bonchev–Trinajstić information content (AvgIpc) is 3.09. The van der Waals surface area contributed by atoms with Gasteiger partial charge in [0.15, 0.2) is 0 Å². The smallest absolute Gasteiger partial charge is 0.313 e. The van der Waals surface area contributed by atoms with Gasteiger partial charge >= 0.3 is 11.8 Å². The molecule has 0 fully saturated rings. The molecule has 7 heteroatoms. The van der Waals surface area contributed by atoms with E-state index in [4.69, 9.17) is 4.42 Å². The predicted molar refractivity (Wildman–Crippen MR) is 88.1 cm³/mol. The summed E-state index contributed by atoms with van der Waals surface area (Å²) < 4.78 is 5.06. The number of benzene rings is 1. The van der Waals surface area contributed by atoms with Crippen LogP contribution in [0, 0.1) is 0 Å². The lowest BCUT2D eigenvalue weighted by Crippen LogP contribution is -2.36. The summed E-state index contributed by atoms with van der Waals surface area (Å²) in [5, 5.41) is 14.9. The highest BCUT2D eigenvalue weighted by molar-refractivity contribution is 7.98. The molecule has 0 unspecified atom stereocenters. The number of para-hydroxylation sites is 1. The summed E-state index contributed by atoms with van der Waals surface area (Å²) >= 11 is 1.48. The zero-order valence-electron chi connectivity index (χ0n) is 12.6. The third kappa shape index (κ3) is 4.87. The lowest BCUT2D eigenvalue weighted by atomic mass is 10.2. The predicted octanol–water partition coefficient (Wildman–Crippen LogP) is 2.18. The lowest BCUT2D eigenvalue weighted by Gasteiger charge is -2.10. The quantitative estimate of drug-likeness (QED) is 0.556. The normalized spacial score (nSPS) is 11.7. The topological polar surface area (TPSA) is 91.6 Å². The average molecular weight is 334 g/mol. The van der Waals surface area contributed by atoms with Crippen LogP contribution in [0.25, 0.3) is 0 Å². The van der Waals surface area contributed by atoms with Crippen molar-refractivity contribution in [2.45, 2.75) is 17.4 Å². The van der Waals surface area contributed by atoms with Crippen LogP contribution in [0.1, 0.15) is 18.3 Å². The van der Waals surface area contributed by atoms with Gasteiger partial charge in [0.25, 0.3) is 0 Å². The molecule has 0 spiro atoms. The van der Waals surface area contributed by atoms with Crippen molar-refractivity contribution in [2.75, 3.05) is 18.1 Å². The van der Waals surface area contributed by atoms with Crippen LogP contribution in [0.15, 0.2) is 52.0 Å². The van der Waals surface area contributed by atoms with Crippen molar-refractivity contribution in [3.05, 3.63) is 48.4 Å². The second-order valence-corrected chi connectivity index (χ2v) is 5.58.